The van der Waals surface area contributed by atoms with E-state index in [1.165, 1.54) is 12.2 Å². The van der Waals surface area contributed by atoms with Crippen LogP contribution in [0.25, 0.3) is 0 Å². The van der Waals surface area contributed by atoms with Crippen LogP contribution in [-0.4, -0.2) is 17.0 Å². The van der Waals surface area contributed by atoms with E-state index in [0.29, 0.717) is 0 Å². The van der Waals surface area contributed by atoms with E-state index in [2.05, 4.69) is 26.3 Å². The second-order valence-corrected chi connectivity index (χ2v) is 2.13. The Morgan fingerprint density at radius 3 is 1.43 bits per heavy atom. The van der Waals surface area contributed by atoms with Crippen molar-refractivity contribution in [1.82, 2.24) is 0 Å². The standard InChI is InChI=1S/C5H7NO.C5H6O2/c2*1-3-4(2)5(6)7/h3H,1-2H2,(H2,6,7);3H,1-2H2,(H,6,7). The van der Waals surface area contributed by atoms with Gasteiger partial charge >= 0.3 is 5.97 Å². The fourth-order valence-corrected chi connectivity index (χ4v) is 0.188. The minimum atomic E-state index is -1.02. The monoisotopic (exact) mass is 195 g/mol. The molecule has 0 rings (SSSR count). The highest BCUT2D eigenvalue weighted by atomic mass is 16.4. The summed E-state index contributed by atoms with van der Waals surface area (Å²) in [5.41, 5.74) is 5.01. The van der Waals surface area contributed by atoms with Crippen LogP contribution in [0.4, 0.5) is 0 Å². The molecule has 76 valence electrons. The normalized spacial score (nSPS) is 7.43. The Hall–Kier alpha value is -2.10. The minimum absolute atomic E-state index is 0.0278. The Kier molecular flexibility index (Phi) is 7.77. The highest BCUT2D eigenvalue weighted by molar-refractivity contribution is 5.93. The molecule has 0 saturated heterocycles. The Morgan fingerprint density at radius 2 is 1.43 bits per heavy atom. The van der Waals surface area contributed by atoms with E-state index in [9.17, 15) is 9.59 Å². The van der Waals surface area contributed by atoms with Crippen LogP contribution in [0, 0.1) is 0 Å². The van der Waals surface area contributed by atoms with E-state index in [0.717, 1.165) is 0 Å². The van der Waals surface area contributed by atoms with Gasteiger partial charge in [0.1, 0.15) is 0 Å². The lowest BCUT2D eigenvalue weighted by molar-refractivity contribution is -0.132. The molecule has 4 nitrogen and oxygen atoms in total. The van der Waals surface area contributed by atoms with Crippen LogP contribution >= 0.6 is 0 Å². The molecular weight excluding hydrogens is 182 g/mol. The first-order valence-corrected chi connectivity index (χ1v) is 3.52. The molecule has 1 amide bonds. The smallest absolute Gasteiger partial charge is 0.335 e. The molecule has 0 saturated carbocycles. The lowest BCUT2D eigenvalue weighted by Crippen LogP contribution is -2.10. The van der Waals surface area contributed by atoms with Crippen molar-refractivity contribution in [3.05, 3.63) is 49.6 Å². The summed E-state index contributed by atoms with van der Waals surface area (Å²) in [6.07, 6.45) is 2.52. The number of carboxylic acid groups (broad SMARTS) is 1. The van der Waals surface area contributed by atoms with Crippen LogP contribution in [-0.2, 0) is 9.59 Å². The van der Waals surface area contributed by atoms with Crippen molar-refractivity contribution in [2.24, 2.45) is 5.73 Å². The van der Waals surface area contributed by atoms with Crippen molar-refractivity contribution in [2.75, 3.05) is 0 Å². The number of aliphatic carboxylic acids is 1. The second kappa shape index (κ2) is 7.54. The second-order valence-electron chi connectivity index (χ2n) is 2.13. The van der Waals surface area contributed by atoms with E-state index < -0.39 is 11.9 Å². The van der Waals surface area contributed by atoms with Crippen LogP contribution in [0.5, 0.6) is 0 Å². The largest absolute Gasteiger partial charge is 0.478 e. The average Bonchev–Trinajstić information content (AvgIpc) is 2.15. The van der Waals surface area contributed by atoms with Gasteiger partial charge in [0.2, 0.25) is 5.91 Å². The van der Waals surface area contributed by atoms with Gasteiger partial charge in [-0.2, -0.15) is 0 Å². The zero-order chi connectivity index (χ0) is 11.7. The van der Waals surface area contributed by atoms with Crippen LogP contribution in [0.2, 0.25) is 0 Å². The van der Waals surface area contributed by atoms with Crippen molar-refractivity contribution >= 4 is 11.9 Å². The molecular formula is C10H13NO3. The summed E-state index contributed by atoms with van der Waals surface area (Å²) in [6, 6.07) is 0. The number of carbonyl (C=O) groups is 2. The van der Waals surface area contributed by atoms with Gasteiger partial charge in [-0.05, 0) is 0 Å². The maximum Gasteiger partial charge on any atom is 0.335 e. The maximum atomic E-state index is 9.98. The van der Waals surface area contributed by atoms with E-state index in [1.807, 2.05) is 0 Å². The third-order valence-corrected chi connectivity index (χ3v) is 1.08. The third-order valence-electron chi connectivity index (χ3n) is 1.08. The first kappa shape index (κ1) is 14.4. The number of primary amides is 1. The Bertz CT molecular complexity index is 260. The average molecular weight is 195 g/mol. The van der Waals surface area contributed by atoms with Gasteiger partial charge < -0.3 is 10.8 Å². The fourth-order valence-electron chi connectivity index (χ4n) is 0.188. The summed E-state index contributed by atoms with van der Waals surface area (Å²) >= 11 is 0. The highest BCUT2D eigenvalue weighted by Crippen LogP contribution is 1.86. The number of amides is 1. The molecule has 0 fully saturated rings. The third kappa shape index (κ3) is 8.00. The zero-order valence-electron chi connectivity index (χ0n) is 7.82. The highest BCUT2D eigenvalue weighted by Gasteiger charge is 1.93. The van der Waals surface area contributed by atoms with Crippen molar-refractivity contribution in [3.8, 4) is 0 Å². The summed E-state index contributed by atoms with van der Waals surface area (Å²) in [4.78, 5) is 19.7. The fraction of sp³-hybridized carbons (Fsp3) is 0. The van der Waals surface area contributed by atoms with Crippen LogP contribution in [0.3, 0.4) is 0 Å². The first-order chi connectivity index (χ1) is 6.36. The van der Waals surface area contributed by atoms with Gasteiger partial charge in [-0.3, -0.25) is 4.79 Å². The van der Waals surface area contributed by atoms with Gasteiger partial charge in [0.05, 0.1) is 5.57 Å². The Labute approximate surface area is 82.7 Å². The van der Waals surface area contributed by atoms with E-state index in [4.69, 9.17) is 10.8 Å². The number of carbonyl (C=O) groups excluding carboxylic acids is 1. The van der Waals surface area contributed by atoms with Gasteiger partial charge in [0.15, 0.2) is 0 Å². The lowest BCUT2D eigenvalue weighted by Gasteiger charge is -1.84. The predicted molar refractivity (Wildman–Crippen MR) is 55.5 cm³/mol. The number of rotatable bonds is 4. The quantitative estimate of drug-likeness (QED) is 0.519. The van der Waals surface area contributed by atoms with Gasteiger partial charge in [-0.1, -0.05) is 38.5 Å². The predicted octanol–water partition coefficient (Wildman–Crippen LogP) is 1.03. The number of hydrogen-bond acceptors (Lipinski definition) is 2. The Morgan fingerprint density at radius 1 is 1.07 bits per heavy atom. The summed E-state index contributed by atoms with van der Waals surface area (Å²) in [7, 11) is 0. The summed E-state index contributed by atoms with van der Waals surface area (Å²) in [6.45, 7) is 12.9. The van der Waals surface area contributed by atoms with E-state index >= 15 is 0 Å². The molecule has 4 heteroatoms. The molecule has 0 spiro atoms. The summed E-state index contributed by atoms with van der Waals surface area (Å²) in [5, 5.41) is 8.01. The molecule has 0 aromatic heterocycles. The Balaban J connectivity index is 0. The molecule has 0 aromatic carbocycles. The first-order valence-electron chi connectivity index (χ1n) is 3.52. The molecule has 0 unspecified atom stereocenters. The number of carboxylic acids is 1. The van der Waals surface area contributed by atoms with Crippen molar-refractivity contribution in [2.45, 2.75) is 0 Å². The topological polar surface area (TPSA) is 80.4 Å². The van der Waals surface area contributed by atoms with Crippen molar-refractivity contribution in [3.63, 3.8) is 0 Å². The molecule has 3 N–H and O–H groups in total. The van der Waals surface area contributed by atoms with Gasteiger partial charge in [-0.25, -0.2) is 4.79 Å². The molecule has 0 aliphatic heterocycles. The SMILES string of the molecule is C=CC(=C)C(=O)O.C=CC(=C)C(N)=O. The van der Waals surface area contributed by atoms with E-state index in [-0.39, 0.29) is 11.1 Å². The van der Waals surface area contributed by atoms with E-state index in [1.54, 1.807) is 0 Å². The molecule has 14 heavy (non-hydrogen) atoms. The van der Waals surface area contributed by atoms with Gasteiger partial charge in [0, 0.05) is 5.57 Å². The molecule has 0 bridgehead atoms. The minimum Gasteiger partial charge on any atom is -0.478 e. The van der Waals surface area contributed by atoms with Crippen molar-refractivity contribution < 1.29 is 14.7 Å². The number of nitrogens with two attached hydrogens (primary N) is 1. The molecule has 0 heterocycles. The number of hydrogen-bond donors (Lipinski definition) is 2. The maximum absolute atomic E-state index is 9.98. The van der Waals surface area contributed by atoms with Crippen molar-refractivity contribution in [1.29, 1.82) is 0 Å². The molecule has 0 aliphatic rings. The van der Waals surface area contributed by atoms with Crippen LogP contribution < -0.4 is 5.73 Å². The lowest BCUT2D eigenvalue weighted by atomic mass is 10.3. The van der Waals surface area contributed by atoms with Gasteiger partial charge in [-0.15, -0.1) is 0 Å². The molecule has 0 aliphatic carbocycles. The molecule has 0 atom stereocenters. The van der Waals surface area contributed by atoms with Crippen LogP contribution in [0.15, 0.2) is 49.6 Å². The van der Waals surface area contributed by atoms with Gasteiger partial charge in [0.25, 0.3) is 0 Å². The molecule has 0 radical (unpaired) electrons. The zero-order valence-corrected chi connectivity index (χ0v) is 7.82. The van der Waals surface area contributed by atoms with Crippen LogP contribution in [0.1, 0.15) is 0 Å². The summed E-state index contributed by atoms with van der Waals surface area (Å²) in [5.74, 6) is -1.54. The molecule has 0 aromatic rings. The summed E-state index contributed by atoms with van der Waals surface area (Å²) < 4.78 is 0.